The van der Waals surface area contributed by atoms with Crippen LogP contribution in [0.4, 0.5) is 31.8 Å². The van der Waals surface area contributed by atoms with E-state index in [1.54, 1.807) is 85.5 Å². The summed E-state index contributed by atoms with van der Waals surface area (Å²) in [6.45, 7) is 3.73. The largest absolute Gasteiger partial charge is 0.390 e. The van der Waals surface area contributed by atoms with E-state index in [2.05, 4.69) is 51.0 Å². The zero-order chi connectivity index (χ0) is 48.3. The highest BCUT2D eigenvalue weighted by Crippen LogP contribution is 2.27. The van der Waals surface area contributed by atoms with Gasteiger partial charge < -0.3 is 31.1 Å². The third-order valence-electron chi connectivity index (χ3n) is 11.4. The SMILES string of the molecule is CN1CCN(S(=O)(=O)c2ccc3cnc(Nc4ccc(-n5ccc(CO)n5)cc4F)cc3n2)CC1.O=S(=O)(c1ccc2cnc(Nc3ccc(-n4ccc(CO)n4)cc3F)cc2n1)N1CCNCC1. The first kappa shape index (κ1) is 47.2. The van der Waals surface area contributed by atoms with Crippen molar-refractivity contribution in [3.05, 3.63) is 133 Å². The lowest BCUT2D eigenvalue weighted by Gasteiger charge is -2.31. The molecule has 2 aromatic carbocycles. The second-order valence-electron chi connectivity index (χ2n) is 16.1. The first-order valence-corrected chi connectivity index (χ1v) is 24.5. The predicted octanol–water partition coefficient (Wildman–Crippen LogP) is 3.91. The smallest absolute Gasteiger partial charge is 0.260 e. The fourth-order valence-electron chi connectivity index (χ4n) is 7.55. The molecule has 0 bridgehead atoms. The molecule has 0 atom stereocenters. The lowest BCUT2D eigenvalue weighted by Crippen LogP contribution is -2.47. The first-order chi connectivity index (χ1) is 33.3. The van der Waals surface area contributed by atoms with Gasteiger partial charge in [-0.2, -0.15) is 18.8 Å². The van der Waals surface area contributed by atoms with Gasteiger partial charge in [0, 0.05) is 112 Å². The molecule has 6 aromatic heterocycles. The summed E-state index contributed by atoms with van der Waals surface area (Å²) in [6, 6.07) is 21.9. The quantitative estimate of drug-likeness (QED) is 0.117. The van der Waals surface area contributed by atoms with Crippen LogP contribution in [0.25, 0.3) is 33.2 Å². The molecule has 2 fully saturated rings. The second kappa shape index (κ2) is 20.0. The minimum absolute atomic E-state index is 0.0243. The van der Waals surface area contributed by atoms with Crippen molar-refractivity contribution < 1.29 is 35.8 Å². The molecular weight excluding hydrogens is 935 g/mol. The third kappa shape index (κ3) is 10.4. The number of hydrogen-bond donors (Lipinski definition) is 5. The number of pyridine rings is 4. The number of aliphatic hydroxyl groups is 2. The summed E-state index contributed by atoms with van der Waals surface area (Å²) in [5.74, 6) is -0.397. The molecule has 20 nitrogen and oxygen atoms in total. The third-order valence-corrected chi connectivity index (χ3v) is 15.0. The lowest BCUT2D eigenvalue weighted by molar-refractivity contribution is 0.222. The summed E-state index contributed by atoms with van der Waals surface area (Å²) < 4.78 is 87.4. The Morgan fingerprint density at radius 3 is 1.46 bits per heavy atom. The summed E-state index contributed by atoms with van der Waals surface area (Å²) in [5, 5.41) is 36.9. The molecular formula is C45H46F2N14O6S2. The van der Waals surface area contributed by atoms with E-state index in [0.717, 1.165) is 0 Å². The number of piperazine rings is 2. The molecule has 24 heteroatoms. The number of likely N-dealkylation sites (N-methyl/N-ethyl adjacent to an activating group) is 1. The fraction of sp³-hybridized carbons (Fsp3) is 0.244. The van der Waals surface area contributed by atoms with Crippen molar-refractivity contribution in [3.8, 4) is 11.4 Å². The van der Waals surface area contributed by atoms with E-state index in [1.165, 1.54) is 42.2 Å². The van der Waals surface area contributed by atoms with Crippen LogP contribution >= 0.6 is 0 Å². The number of benzene rings is 2. The number of nitrogens with zero attached hydrogens (tertiary/aromatic N) is 11. The maximum Gasteiger partial charge on any atom is 0.260 e. The van der Waals surface area contributed by atoms with Crippen molar-refractivity contribution in [2.75, 3.05) is 70.0 Å². The van der Waals surface area contributed by atoms with Crippen LogP contribution in [-0.2, 0) is 33.3 Å². The number of aliphatic hydroxyl groups excluding tert-OH is 2. The van der Waals surface area contributed by atoms with Gasteiger partial charge in [0.1, 0.15) is 23.3 Å². The van der Waals surface area contributed by atoms with Crippen LogP contribution in [0.3, 0.4) is 0 Å². The number of rotatable bonds is 12. The summed E-state index contributed by atoms with van der Waals surface area (Å²) in [4.78, 5) is 19.4. The molecule has 10 rings (SSSR count). The first-order valence-electron chi connectivity index (χ1n) is 21.7. The van der Waals surface area contributed by atoms with E-state index >= 15 is 0 Å². The predicted molar refractivity (Wildman–Crippen MR) is 252 cm³/mol. The van der Waals surface area contributed by atoms with E-state index in [4.69, 9.17) is 10.2 Å². The van der Waals surface area contributed by atoms with Gasteiger partial charge in [-0.25, -0.2) is 54.9 Å². The molecule has 0 amide bonds. The molecule has 69 heavy (non-hydrogen) atoms. The molecule has 2 saturated heterocycles. The minimum Gasteiger partial charge on any atom is -0.390 e. The van der Waals surface area contributed by atoms with E-state index in [0.29, 0.717) is 109 Å². The van der Waals surface area contributed by atoms with Gasteiger partial charge in [-0.05, 0) is 67.7 Å². The fourth-order valence-corrected chi connectivity index (χ4v) is 10.3. The van der Waals surface area contributed by atoms with Gasteiger partial charge in [0.15, 0.2) is 10.1 Å². The van der Waals surface area contributed by atoms with Crippen molar-refractivity contribution in [2.45, 2.75) is 23.3 Å². The molecule has 0 spiro atoms. The number of anilines is 4. The summed E-state index contributed by atoms with van der Waals surface area (Å²) >= 11 is 0. The van der Waals surface area contributed by atoms with Crippen molar-refractivity contribution in [3.63, 3.8) is 0 Å². The maximum absolute atomic E-state index is 14.8. The second-order valence-corrected chi connectivity index (χ2v) is 19.9. The zero-order valence-corrected chi connectivity index (χ0v) is 38.6. The molecule has 358 valence electrons. The van der Waals surface area contributed by atoms with Crippen molar-refractivity contribution in [2.24, 2.45) is 0 Å². The molecule has 0 radical (unpaired) electrons. The maximum atomic E-state index is 14.8. The number of halogens is 2. The minimum atomic E-state index is -3.72. The van der Waals surface area contributed by atoms with Crippen molar-refractivity contribution in [1.82, 2.24) is 58.3 Å². The van der Waals surface area contributed by atoms with E-state index in [9.17, 15) is 25.6 Å². The summed E-state index contributed by atoms with van der Waals surface area (Å²) in [7, 11) is -5.46. The Bertz CT molecular complexity index is 3380. The molecule has 0 aliphatic carbocycles. The van der Waals surface area contributed by atoms with Crippen LogP contribution in [0.2, 0.25) is 0 Å². The van der Waals surface area contributed by atoms with Gasteiger partial charge in [-0.1, -0.05) is 0 Å². The molecule has 8 aromatic rings. The van der Waals surface area contributed by atoms with Gasteiger partial charge in [0.05, 0.1) is 58.4 Å². The summed E-state index contributed by atoms with van der Waals surface area (Å²) in [5.41, 5.74) is 3.20. The molecule has 2 aliphatic rings. The van der Waals surface area contributed by atoms with Crippen LogP contribution < -0.4 is 16.0 Å². The Balaban J connectivity index is 0.000000172. The molecule has 5 N–H and O–H groups in total. The number of hydrogen-bond acceptors (Lipinski definition) is 16. The summed E-state index contributed by atoms with van der Waals surface area (Å²) in [6.07, 6.45) is 6.38. The van der Waals surface area contributed by atoms with Gasteiger partial charge in [0.2, 0.25) is 0 Å². The van der Waals surface area contributed by atoms with Crippen molar-refractivity contribution in [1.29, 1.82) is 0 Å². The Hall–Kier alpha value is -6.90. The Kier molecular flexibility index (Phi) is 13.7. The lowest BCUT2D eigenvalue weighted by atomic mass is 10.2. The van der Waals surface area contributed by atoms with Crippen LogP contribution in [0, 0.1) is 11.6 Å². The zero-order valence-electron chi connectivity index (χ0n) is 37.0. The van der Waals surface area contributed by atoms with Gasteiger partial charge >= 0.3 is 0 Å². The van der Waals surface area contributed by atoms with Crippen LogP contribution in [-0.4, -0.2) is 139 Å². The van der Waals surface area contributed by atoms with Crippen LogP contribution in [0.15, 0.2) is 120 Å². The average Bonchev–Trinajstić information content (AvgIpc) is 4.07. The normalized spacial score (nSPS) is 15.3. The van der Waals surface area contributed by atoms with Gasteiger partial charge in [-0.3, -0.25) is 0 Å². The molecule has 8 heterocycles. The Morgan fingerprint density at radius 2 is 1.04 bits per heavy atom. The monoisotopic (exact) mass is 980 g/mol. The van der Waals surface area contributed by atoms with Crippen molar-refractivity contribution >= 4 is 64.9 Å². The highest BCUT2D eigenvalue weighted by molar-refractivity contribution is 7.89. The van der Waals surface area contributed by atoms with E-state index in [-0.39, 0.29) is 34.6 Å². The topological polar surface area (TPSA) is 242 Å². The van der Waals surface area contributed by atoms with Crippen LogP contribution in [0.1, 0.15) is 11.4 Å². The molecule has 0 saturated carbocycles. The average molecular weight is 981 g/mol. The standard InChI is InChI=1S/C23H24FN7O3S.C22H22FN7O3S/c1-29-8-10-30(11-9-29)35(33,34)23-5-2-16-14-25-22(13-21(16)27-23)26-20-4-3-18(12-19(20)24)31-7-6-17(15-32)28-31;23-18-11-17(30-8-5-16(14-31)28-30)2-3-19(18)26-21-12-20-15(13-25-21)1-4-22(27-20)34(32,33)29-9-6-24-7-10-29/h2-7,12-14,32H,8-11,15H2,1H3,(H,25,26);1-5,8,11-13,24,31H,6-7,9-10,14H2,(H,25,26). The van der Waals surface area contributed by atoms with Gasteiger partial charge in [0.25, 0.3) is 20.0 Å². The van der Waals surface area contributed by atoms with Crippen LogP contribution in [0.5, 0.6) is 0 Å². The molecule has 0 unspecified atom stereocenters. The number of sulfonamides is 2. The molecule has 2 aliphatic heterocycles. The highest BCUT2D eigenvalue weighted by Gasteiger charge is 2.29. The van der Waals surface area contributed by atoms with E-state index in [1.807, 2.05) is 7.05 Å². The van der Waals surface area contributed by atoms with E-state index < -0.39 is 31.7 Å². The van der Waals surface area contributed by atoms with Gasteiger partial charge in [-0.15, -0.1) is 0 Å². The Morgan fingerprint density at radius 1 is 0.594 bits per heavy atom. The number of nitrogens with one attached hydrogen (secondary N) is 3. The number of fused-ring (bicyclic) bond motifs is 2. The Labute approximate surface area is 395 Å². The number of aromatic nitrogens is 8. The highest BCUT2D eigenvalue weighted by atomic mass is 32.2.